The third-order valence-electron chi connectivity index (χ3n) is 4.60. The standard InChI is InChI=1S/C16H26ClN3/c1-11(2)9-16(7-5-6-8-16)10-18-15-13(4)12(3)14(17)19-20-15/h11H,5-10H2,1-4H3,(H,18,20). The Hall–Kier alpha value is -0.830. The third kappa shape index (κ3) is 3.43. The zero-order valence-corrected chi connectivity index (χ0v) is 13.8. The van der Waals surface area contributed by atoms with E-state index in [-0.39, 0.29) is 0 Å². The molecule has 0 spiro atoms. The highest BCUT2D eigenvalue weighted by atomic mass is 35.5. The summed E-state index contributed by atoms with van der Waals surface area (Å²) in [5.74, 6) is 1.64. The molecule has 1 fully saturated rings. The number of nitrogens with zero attached hydrogens (tertiary/aromatic N) is 2. The monoisotopic (exact) mass is 295 g/mol. The van der Waals surface area contributed by atoms with Gasteiger partial charge in [0.05, 0.1) is 0 Å². The van der Waals surface area contributed by atoms with Crippen molar-refractivity contribution in [1.82, 2.24) is 10.2 Å². The zero-order valence-electron chi connectivity index (χ0n) is 13.1. The molecule has 2 rings (SSSR count). The van der Waals surface area contributed by atoms with Crippen molar-refractivity contribution in [2.24, 2.45) is 11.3 Å². The van der Waals surface area contributed by atoms with E-state index < -0.39 is 0 Å². The lowest BCUT2D eigenvalue weighted by molar-refractivity contribution is 0.252. The van der Waals surface area contributed by atoms with Gasteiger partial charge >= 0.3 is 0 Å². The van der Waals surface area contributed by atoms with E-state index in [1.54, 1.807) is 0 Å². The number of aromatic nitrogens is 2. The number of halogens is 1. The molecule has 0 bridgehead atoms. The van der Waals surface area contributed by atoms with E-state index in [1.165, 1.54) is 32.1 Å². The fourth-order valence-corrected chi connectivity index (χ4v) is 3.64. The van der Waals surface area contributed by atoms with Crippen LogP contribution in [0.25, 0.3) is 0 Å². The van der Waals surface area contributed by atoms with Gasteiger partial charge in [-0.3, -0.25) is 0 Å². The topological polar surface area (TPSA) is 37.8 Å². The highest BCUT2D eigenvalue weighted by Crippen LogP contribution is 2.43. The molecular weight excluding hydrogens is 270 g/mol. The quantitative estimate of drug-likeness (QED) is 0.850. The van der Waals surface area contributed by atoms with Crippen LogP contribution in [0.1, 0.15) is 57.1 Å². The highest BCUT2D eigenvalue weighted by Gasteiger charge is 2.34. The van der Waals surface area contributed by atoms with Crippen molar-refractivity contribution in [3.05, 3.63) is 16.3 Å². The Kier molecular flexibility index (Phi) is 4.90. The molecule has 112 valence electrons. The van der Waals surface area contributed by atoms with Gasteiger partial charge in [0.15, 0.2) is 11.0 Å². The van der Waals surface area contributed by atoms with Crippen molar-refractivity contribution in [2.45, 2.75) is 59.8 Å². The van der Waals surface area contributed by atoms with Crippen molar-refractivity contribution in [1.29, 1.82) is 0 Å². The second kappa shape index (κ2) is 6.30. The van der Waals surface area contributed by atoms with Gasteiger partial charge in [0.2, 0.25) is 0 Å². The van der Waals surface area contributed by atoms with E-state index in [0.717, 1.165) is 29.4 Å². The van der Waals surface area contributed by atoms with Gasteiger partial charge in [-0.2, -0.15) is 0 Å². The molecule has 1 aromatic heterocycles. The lowest BCUT2D eigenvalue weighted by atomic mass is 9.78. The molecule has 0 unspecified atom stereocenters. The van der Waals surface area contributed by atoms with Crippen LogP contribution < -0.4 is 5.32 Å². The van der Waals surface area contributed by atoms with E-state index in [2.05, 4.69) is 36.3 Å². The van der Waals surface area contributed by atoms with Crippen LogP contribution in [0, 0.1) is 25.2 Å². The number of hydrogen-bond acceptors (Lipinski definition) is 3. The molecule has 0 radical (unpaired) electrons. The fraction of sp³-hybridized carbons (Fsp3) is 0.750. The number of hydrogen-bond donors (Lipinski definition) is 1. The summed E-state index contributed by atoms with van der Waals surface area (Å²) >= 11 is 6.01. The summed E-state index contributed by atoms with van der Waals surface area (Å²) in [6.07, 6.45) is 6.67. The molecular formula is C16H26ClN3. The van der Waals surface area contributed by atoms with Crippen LogP contribution in [0.5, 0.6) is 0 Å². The van der Waals surface area contributed by atoms with Gasteiger partial charge in [-0.25, -0.2) is 0 Å². The summed E-state index contributed by atoms with van der Waals surface area (Å²) in [4.78, 5) is 0. The average Bonchev–Trinajstić information content (AvgIpc) is 2.83. The minimum Gasteiger partial charge on any atom is -0.368 e. The van der Waals surface area contributed by atoms with Crippen LogP contribution in [0.2, 0.25) is 5.15 Å². The van der Waals surface area contributed by atoms with E-state index in [4.69, 9.17) is 11.6 Å². The Bertz CT molecular complexity index is 465. The predicted molar refractivity (Wildman–Crippen MR) is 85.4 cm³/mol. The molecule has 1 aliphatic rings. The molecule has 0 aromatic carbocycles. The van der Waals surface area contributed by atoms with Crippen LogP contribution in [0.4, 0.5) is 5.82 Å². The van der Waals surface area contributed by atoms with Crippen molar-refractivity contribution in [3.63, 3.8) is 0 Å². The van der Waals surface area contributed by atoms with Crippen LogP contribution in [-0.4, -0.2) is 16.7 Å². The summed E-state index contributed by atoms with van der Waals surface area (Å²) in [5.41, 5.74) is 2.58. The molecule has 1 aromatic rings. The predicted octanol–water partition coefficient (Wildman–Crippen LogP) is 4.77. The van der Waals surface area contributed by atoms with Gasteiger partial charge in [-0.1, -0.05) is 38.3 Å². The maximum Gasteiger partial charge on any atom is 0.155 e. The molecule has 1 saturated carbocycles. The van der Waals surface area contributed by atoms with Gasteiger partial charge in [-0.05, 0) is 55.6 Å². The number of anilines is 1. The average molecular weight is 296 g/mol. The minimum atomic E-state index is 0.440. The Balaban J connectivity index is 2.08. The summed E-state index contributed by atoms with van der Waals surface area (Å²) in [6.45, 7) is 9.69. The van der Waals surface area contributed by atoms with Gasteiger partial charge in [0.25, 0.3) is 0 Å². The van der Waals surface area contributed by atoms with E-state index in [1.807, 2.05) is 6.92 Å². The first-order valence-corrected chi connectivity index (χ1v) is 8.04. The first-order valence-electron chi connectivity index (χ1n) is 7.67. The Morgan fingerprint density at radius 2 is 1.80 bits per heavy atom. The smallest absolute Gasteiger partial charge is 0.155 e. The van der Waals surface area contributed by atoms with Gasteiger partial charge in [0, 0.05) is 6.54 Å². The summed E-state index contributed by atoms with van der Waals surface area (Å²) in [7, 11) is 0. The molecule has 0 amide bonds. The summed E-state index contributed by atoms with van der Waals surface area (Å²) in [5, 5.41) is 12.3. The minimum absolute atomic E-state index is 0.440. The summed E-state index contributed by atoms with van der Waals surface area (Å²) < 4.78 is 0. The Morgan fingerprint density at radius 3 is 2.40 bits per heavy atom. The SMILES string of the molecule is Cc1c(Cl)nnc(NCC2(CC(C)C)CCCC2)c1C. The van der Waals surface area contributed by atoms with E-state index in [0.29, 0.717) is 10.6 Å². The normalized spacial score (nSPS) is 17.7. The highest BCUT2D eigenvalue weighted by molar-refractivity contribution is 6.30. The third-order valence-corrected chi connectivity index (χ3v) is 4.96. The molecule has 1 aliphatic carbocycles. The molecule has 4 heteroatoms. The van der Waals surface area contributed by atoms with Crippen molar-refractivity contribution < 1.29 is 0 Å². The largest absolute Gasteiger partial charge is 0.368 e. The lowest BCUT2D eigenvalue weighted by Crippen LogP contribution is -2.29. The molecule has 0 saturated heterocycles. The Morgan fingerprint density at radius 1 is 1.15 bits per heavy atom. The lowest BCUT2D eigenvalue weighted by Gasteiger charge is -2.31. The number of rotatable bonds is 5. The fourth-order valence-electron chi connectivity index (χ4n) is 3.46. The molecule has 0 atom stereocenters. The maximum absolute atomic E-state index is 6.01. The van der Waals surface area contributed by atoms with Gasteiger partial charge in [0.1, 0.15) is 0 Å². The molecule has 1 heterocycles. The van der Waals surface area contributed by atoms with Gasteiger partial charge in [-0.15, -0.1) is 10.2 Å². The van der Waals surface area contributed by atoms with Crippen LogP contribution in [-0.2, 0) is 0 Å². The second-order valence-electron chi connectivity index (χ2n) is 6.75. The molecule has 0 aliphatic heterocycles. The maximum atomic E-state index is 6.01. The van der Waals surface area contributed by atoms with Crippen molar-refractivity contribution in [2.75, 3.05) is 11.9 Å². The number of nitrogens with one attached hydrogen (secondary N) is 1. The zero-order chi connectivity index (χ0) is 14.8. The van der Waals surface area contributed by atoms with Crippen LogP contribution >= 0.6 is 11.6 Å². The van der Waals surface area contributed by atoms with Crippen molar-refractivity contribution in [3.8, 4) is 0 Å². The van der Waals surface area contributed by atoms with Crippen LogP contribution in [0.3, 0.4) is 0 Å². The molecule has 20 heavy (non-hydrogen) atoms. The summed E-state index contributed by atoms with van der Waals surface area (Å²) in [6, 6.07) is 0. The van der Waals surface area contributed by atoms with E-state index in [9.17, 15) is 0 Å². The Labute approximate surface area is 127 Å². The first-order chi connectivity index (χ1) is 9.43. The molecule has 3 nitrogen and oxygen atoms in total. The van der Waals surface area contributed by atoms with Crippen molar-refractivity contribution >= 4 is 17.4 Å². The van der Waals surface area contributed by atoms with E-state index >= 15 is 0 Å². The molecule has 1 N–H and O–H groups in total. The first kappa shape index (κ1) is 15.6. The van der Waals surface area contributed by atoms with Crippen LogP contribution in [0.15, 0.2) is 0 Å². The second-order valence-corrected chi connectivity index (χ2v) is 7.11. The van der Waals surface area contributed by atoms with Gasteiger partial charge < -0.3 is 5.32 Å².